The van der Waals surface area contributed by atoms with E-state index in [0.29, 0.717) is 12.3 Å². The third-order valence-electron chi connectivity index (χ3n) is 4.70. The maximum absolute atomic E-state index is 12.0. The fraction of sp³-hybridized carbons (Fsp3) is 0.286. The maximum Gasteiger partial charge on any atom is 0.244 e. The van der Waals surface area contributed by atoms with Crippen molar-refractivity contribution in [3.05, 3.63) is 59.7 Å². The lowest BCUT2D eigenvalue weighted by molar-refractivity contribution is -0.116. The highest BCUT2D eigenvalue weighted by Crippen LogP contribution is 2.32. The fourth-order valence-corrected chi connectivity index (χ4v) is 3.24. The second kappa shape index (κ2) is 7.52. The van der Waals surface area contributed by atoms with Gasteiger partial charge in [-0.2, -0.15) is 0 Å². The van der Waals surface area contributed by atoms with Crippen LogP contribution in [0.3, 0.4) is 0 Å². The molecule has 5 heteroatoms. The van der Waals surface area contributed by atoms with Crippen molar-refractivity contribution in [1.29, 1.82) is 0 Å². The van der Waals surface area contributed by atoms with E-state index in [9.17, 15) is 4.79 Å². The molecular formula is C21H22N2O3. The molecule has 1 fully saturated rings. The van der Waals surface area contributed by atoms with Crippen LogP contribution in [-0.2, 0) is 11.3 Å². The van der Waals surface area contributed by atoms with Gasteiger partial charge < -0.3 is 19.7 Å². The van der Waals surface area contributed by atoms with Gasteiger partial charge in [-0.3, -0.25) is 4.79 Å². The number of anilines is 1. The summed E-state index contributed by atoms with van der Waals surface area (Å²) in [6.07, 6.45) is 5.85. The van der Waals surface area contributed by atoms with Crippen molar-refractivity contribution in [2.45, 2.75) is 19.4 Å². The van der Waals surface area contributed by atoms with Gasteiger partial charge in [0.15, 0.2) is 11.5 Å². The van der Waals surface area contributed by atoms with E-state index >= 15 is 0 Å². The monoisotopic (exact) mass is 350 g/mol. The van der Waals surface area contributed by atoms with Gasteiger partial charge in [-0.05, 0) is 54.3 Å². The van der Waals surface area contributed by atoms with Crippen molar-refractivity contribution >= 4 is 17.7 Å². The zero-order chi connectivity index (χ0) is 17.8. The highest BCUT2D eigenvalue weighted by molar-refractivity contribution is 5.91. The van der Waals surface area contributed by atoms with E-state index in [0.717, 1.165) is 30.0 Å². The van der Waals surface area contributed by atoms with Crippen LogP contribution >= 0.6 is 0 Å². The molecule has 0 bridgehead atoms. The van der Waals surface area contributed by atoms with Crippen LogP contribution in [0.1, 0.15) is 24.0 Å². The van der Waals surface area contributed by atoms with Crippen LogP contribution in [0.2, 0.25) is 0 Å². The predicted molar refractivity (Wildman–Crippen MR) is 101 cm³/mol. The number of carbonyl (C=O) groups excluding carboxylic acids is 1. The van der Waals surface area contributed by atoms with Crippen LogP contribution in [0.15, 0.2) is 48.5 Å². The van der Waals surface area contributed by atoms with E-state index < -0.39 is 0 Å². The van der Waals surface area contributed by atoms with E-state index in [-0.39, 0.29) is 12.7 Å². The summed E-state index contributed by atoms with van der Waals surface area (Å²) in [4.78, 5) is 14.4. The zero-order valence-electron chi connectivity index (χ0n) is 14.6. The molecule has 0 aliphatic carbocycles. The van der Waals surface area contributed by atoms with E-state index in [1.807, 2.05) is 18.2 Å². The highest BCUT2D eigenvalue weighted by atomic mass is 16.7. The van der Waals surface area contributed by atoms with Crippen molar-refractivity contribution in [2.75, 3.05) is 24.8 Å². The predicted octanol–water partition coefficient (Wildman–Crippen LogP) is 3.35. The quantitative estimate of drug-likeness (QED) is 0.841. The van der Waals surface area contributed by atoms with Crippen LogP contribution in [0, 0.1) is 0 Å². The lowest BCUT2D eigenvalue weighted by Crippen LogP contribution is -2.20. The van der Waals surface area contributed by atoms with Crippen molar-refractivity contribution < 1.29 is 14.3 Å². The first-order chi connectivity index (χ1) is 12.8. The largest absolute Gasteiger partial charge is 0.454 e. The molecule has 2 aliphatic rings. The second-order valence-electron chi connectivity index (χ2n) is 6.52. The molecule has 2 aliphatic heterocycles. The molecule has 0 atom stereocenters. The van der Waals surface area contributed by atoms with Crippen LogP contribution in [-0.4, -0.2) is 25.8 Å². The zero-order valence-corrected chi connectivity index (χ0v) is 14.6. The number of amides is 1. The third kappa shape index (κ3) is 3.82. The Morgan fingerprint density at radius 1 is 1.04 bits per heavy atom. The minimum atomic E-state index is -0.119. The Morgan fingerprint density at radius 3 is 2.62 bits per heavy atom. The Balaban J connectivity index is 1.29. The van der Waals surface area contributed by atoms with Gasteiger partial charge in [0.1, 0.15) is 0 Å². The summed E-state index contributed by atoms with van der Waals surface area (Å²) in [5.41, 5.74) is 3.26. The number of ether oxygens (including phenoxy) is 2. The number of fused-ring (bicyclic) bond motifs is 1. The highest BCUT2D eigenvalue weighted by Gasteiger charge is 2.13. The summed E-state index contributed by atoms with van der Waals surface area (Å²) in [5.74, 6) is 1.33. The molecule has 26 heavy (non-hydrogen) atoms. The summed E-state index contributed by atoms with van der Waals surface area (Å²) in [6.45, 7) is 3.05. The van der Waals surface area contributed by atoms with Crippen LogP contribution in [0.4, 0.5) is 5.69 Å². The number of hydrogen-bond acceptors (Lipinski definition) is 4. The molecule has 1 N–H and O–H groups in total. The number of benzene rings is 2. The standard InChI is InChI=1S/C21H22N2O3/c24-21(10-6-16-5-9-19-20(13-16)26-15-25-19)22-14-17-3-7-18(8-4-17)23-11-1-2-12-23/h3-10,13H,1-2,11-12,14-15H2,(H,22,24)/b10-6+. The first-order valence-corrected chi connectivity index (χ1v) is 8.97. The Kier molecular flexibility index (Phi) is 4.78. The van der Waals surface area contributed by atoms with Gasteiger partial charge in [0.25, 0.3) is 0 Å². The molecule has 1 amide bonds. The van der Waals surface area contributed by atoms with Crippen LogP contribution in [0.5, 0.6) is 11.5 Å². The topological polar surface area (TPSA) is 50.8 Å². The van der Waals surface area contributed by atoms with Crippen LogP contribution in [0.25, 0.3) is 6.08 Å². The van der Waals surface area contributed by atoms with Gasteiger partial charge in [-0.25, -0.2) is 0 Å². The van der Waals surface area contributed by atoms with Crippen molar-refractivity contribution in [2.24, 2.45) is 0 Å². The van der Waals surface area contributed by atoms with Gasteiger partial charge in [-0.1, -0.05) is 18.2 Å². The molecule has 4 rings (SSSR count). The van der Waals surface area contributed by atoms with E-state index in [1.54, 1.807) is 6.08 Å². The molecule has 134 valence electrons. The number of carbonyl (C=O) groups is 1. The van der Waals surface area contributed by atoms with Gasteiger partial charge >= 0.3 is 0 Å². The summed E-state index contributed by atoms with van der Waals surface area (Å²) in [6, 6.07) is 14.0. The normalized spacial score (nSPS) is 15.6. The Hall–Kier alpha value is -2.95. The van der Waals surface area contributed by atoms with Gasteiger partial charge in [-0.15, -0.1) is 0 Å². The molecule has 2 heterocycles. The summed E-state index contributed by atoms with van der Waals surface area (Å²) < 4.78 is 10.6. The van der Waals surface area contributed by atoms with E-state index in [1.165, 1.54) is 24.6 Å². The maximum atomic E-state index is 12.0. The number of rotatable bonds is 5. The van der Waals surface area contributed by atoms with E-state index in [2.05, 4.69) is 34.5 Å². The van der Waals surface area contributed by atoms with Gasteiger partial charge in [0.05, 0.1) is 0 Å². The number of nitrogens with zero attached hydrogens (tertiary/aromatic N) is 1. The molecule has 0 saturated carbocycles. The van der Waals surface area contributed by atoms with Crippen LogP contribution < -0.4 is 19.7 Å². The molecule has 2 aromatic rings. The lowest BCUT2D eigenvalue weighted by Gasteiger charge is -2.17. The molecule has 5 nitrogen and oxygen atoms in total. The second-order valence-corrected chi connectivity index (χ2v) is 6.52. The number of hydrogen-bond donors (Lipinski definition) is 1. The SMILES string of the molecule is O=C(/C=C/c1ccc2c(c1)OCO2)NCc1ccc(N2CCCC2)cc1. The summed E-state index contributed by atoms with van der Waals surface area (Å²) in [7, 11) is 0. The Morgan fingerprint density at radius 2 is 1.81 bits per heavy atom. The molecule has 0 unspecified atom stereocenters. The van der Waals surface area contributed by atoms with Crippen molar-refractivity contribution in [3.8, 4) is 11.5 Å². The minimum absolute atomic E-state index is 0.119. The Labute approximate surface area is 153 Å². The number of nitrogens with one attached hydrogen (secondary N) is 1. The molecule has 0 aromatic heterocycles. The first kappa shape index (κ1) is 16.5. The van der Waals surface area contributed by atoms with E-state index in [4.69, 9.17) is 9.47 Å². The lowest BCUT2D eigenvalue weighted by atomic mass is 10.2. The van der Waals surface area contributed by atoms with Gasteiger partial charge in [0, 0.05) is 31.4 Å². The molecule has 1 saturated heterocycles. The average Bonchev–Trinajstić information content (AvgIpc) is 3.36. The summed E-state index contributed by atoms with van der Waals surface area (Å²) in [5, 5.41) is 2.92. The fourth-order valence-electron chi connectivity index (χ4n) is 3.24. The third-order valence-corrected chi connectivity index (χ3v) is 4.70. The van der Waals surface area contributed by atoms with Crippen molar-refractivity contribution in [3.63, 3.8) is 0 Å². The molecule has 2 aromatic carbocycles. The molecular weight excluding hydrogens is 328 g/mol. The van der Waals surface area contributed by atoms with Crippen molar-refractivity contribution in [1.82, 2.24) is 5.32 Å². The molecule has 0 spiro atoms. The minimum Gasteiger partial charge on any atom is -0.454 e. The Bertz CT molecular complexity index is 809. The summed E-state index contributed by atoms with van der Waals surface area (Å²) >= 11 is 0. The smallest absolute Gasteiger partial charge is 0.244 e. The average molecular weight is 350 g/mol. The molecule has 0 radical (unpaired) electrons. The first-order valence-electron chi connectivity index (χ1n) is 8.97. The van der Waals surface area contributed by atoms with Gasteiger partial charge in [0.2, 0.25) is 12.7 Å².